The van der Waals surface area contributed by atoms with Crippen LogP contribution < -0.4 is 20.7 Å². The minimum absolute atomic E-state index is 0.0253. The van der Waals surface area contributed by atoms with Crippen molar-refractivity contribution in [2.75, 3.05) is 36.9 Å². The SMILES string of the molecule is C[NH+](CCc1ccccn1)Cc1ccc(N2CC3CC(C2)c2cccc(=O)n2C3)c(NC(=O)c2ccc(C(C)(C)C)cc2)c1. The minimum atomic E-state index is -0.103. The van der Waals surface area contributed by atoms with Gasteiger partial charge in [0.2, 0.25) is 0 Å². The highest BCUT2D eigenvalue weighted by Gasteiger charge is 2.35. The standard InChI is InChI=1S/C37H43N5O2/c1-37(2,3)30-14-12-28(13-15-30)36(44)39-32-21-26(22-40(4)19-17-31-8-5-6-18-38-31)11-16-34(32)41-23-27-20-29(25-41)33-9-7-10-35(43)42(33)24-27/h5-16,18,21,27,29H,17,19-20,22-25H2,1-4H3,(H,39,44)/p+1. The molecule has 2 aromatic heterocycles. The maximum Gasteiger partial charge on any atom is 0.255 e. The molecule has 2 N–H and O–H groups in total. The van der Waals surface area contributed by atoms with E-state index in [9.17, 15) is 9.59 Å². The van der Waals surface area contributed by atoms with Crippen LogP contribution >= 0.6 is 0 Å². The summed E-state index contributed by atoms with van der Waals surface area (Å²) in [6, 6.07) is 26.2. The topological polar surface area (TPSA) is 71.7 Å². The van der Waals surface area contributed by atoms with Crippen LogP contribution in [0, 0.1) is 5.92 Å². The number of benzene rings is 2. The number of hydrogen-bond acceptors (Lipinski definition) is 4. The largest absolute Gasteiger partial charge is 0.369 e. The Balaban J connectivity index is 1.25. The van der Waals surface area contributed by atoms with E-state index in [4.69, 9.17) is 0 Å². The first kappa shape index (κ1) is 29.8. The average molecular weight is 591 g/mol. The van der Waals surface area contributed by atoms with Gasteiger partial charge >= 0.3 is 0 Å². The highest BCUT2D eigenvalue weighted by molar-refractivity contribution is 6.06. The third-order valence-electron chi connectivity index (χ3n) is 9.18. The highest BCUT2D eigenvalue weighted by atomic mass is 16.1. The van der Waals surface area contributed by atoms with Crippen molar-refractivity contribution in [1.82, 2.24) is 9.55 Å². The zero-order valence-electron chi connectivity index (χ0n) is 26.3. The minimum Gasteiger partial charge on any atom is -0.369 e. The lowest BCUT2D eigenvalue weighted by Gasteiger charge is -2.44. The van der Waals surface area contributed by atoms with Crippen LogP contribution in [0.2, 0.25) is 0 Å². The van der Waals surface area contributed by atoms with E-state index in [1.165, 1.54) is 16.0 Å². The molecule has 7 nitrogen and oxygen atoms in total. The van der Waals surface area contributed by atoms with Gasteiger partial charge < -0.3 is 19.7 Å². The molecule has 228 valence electrons. The van der Waals surface area contributed by atoms with Crippen LogP contribution in [0.1, 0.15) is 66.0 Å². The molecular weight excluding hydrogens is 546 g/mol. The second-order valence-electron chi connectivity index (χ2n) is 13.7. The smallest absolute Gasteiger partial charge is 0.255 e. The fourth-order valence-electron chi connectivity index (χ4n) is 6.80. The molecule has 0 radical (unpaired) electrons. The van der Waals surface area contributed by atoms with Crippen LogP contribution in [0.4, 0.5) is 11.4 Å². The number of quaternary nitrogens is 1. The van der Waals surface area contributed by atoms with Gasteiger partial charge in [-0.2, -0.15) is 0 Å². The number of pyridine rings is 2. The lowest BCUT2D eigenvalue weighted by molar-refractivity contribution is -0.893. The number of hydrogen-bond donors (Lipinski definition) is 2. The van der Waals surface area contributed by atoms with Crippen molar-refractivity contribution in [3.8, 4) is 0 Å². The molecule has 2 bridgehead atoms. The fraction of sp³-hybridized carbons (Fsp3) is 0.378. The number of fused-ring (bicyclic) bond motifs is 4. The molecule has 6 rings (SSSR count). The van der Waals surface area contributed by atoms with Gasteiger partial charge in [0.15, 0.2) is 0 Å². The van der Waals surface area contributed by atoms with Gasteiger partial charge in [-0.3, -0.25) is 14.6 Å². The molecule has 1 saturated heterocycles. The molecule has 44 heavy (non-hydrogen) atoms. The lowest BCUT2D eigenvalue weighted by atomic mass is 9.83. The molecule has 3 unspecified atom stereocenters. The van der Waals surface area contributed by atoms with Crippen LogP contribution in [-0.4, -0.2) is 42.1 Å². The number of nitrogens with one attached hydrogen (secondary N) is 2. The zero-order valence-corrected chi connectivity index (χ0v) is 26.3. The Kier molecular flexibility index (Phi) is 8.41. The van der Waals surface area contributed by atoms with Crippen molar-refractivity contribution in [3.05, 3.63) is 123 Å². The molecule has 4 aromatic rings. The molecule has 1 fully saturated rings. The Hall–Kier alpha value is -4.23. The predicted octanol–water partition coefficient (Wildman–Crippen LogP) is 4.67. The third-order valence-corrected chi connectivity index (χ3v) is 9.18. The molecular formula is C37H44N5O2+. The number of anilines is 2. The Morgan fingerprint density at radius 2 is 1.80 bits per heavy atom. The number of amides is 1. The van der Waals surface area contributed by atoms with Gasteiger partial charge in [-0.1, -0.05) is 51.1 Å². The maximum absolute atomic E-state index is 13.6. The fourth-order valence-corrected chi connectivity index (χ4v) is 6.80. The van der Waals surface area contributed by atoms with E-state index >= 15 is 0 Å². The van der Waals surface area contributed by atoms with Crippen molar-refractivity contribution >= 4 is 17.3 Å². The summed E-state index contributed by atoms with van der Waals surface area (Å²) in [5, 5.41) is 3.29. The van der Waals surface area contributed by atoms with E-state index in [-0.39, 0.29) is 22.8 Å². The first-order chi connectivity index (χ1) is 21.1. The summed E-state index contributed by atoms with van der Waals surface area (Å²) in [5.74, 6) is 0.567. The van der Waals surface area contributed by atoms with E-state index in [0.29, 0.717) is 11.5 Å². The monoisotopic (exact) mass is 590 g/mol. The molecule has 2 aliphatic rings. The second-order valence-corrected chi connectivity index (χ2v) is 13.7. The van der Waals surface area contributed by atoms with E-state index < -0.39 is 0 Å². The molecule has 0 saturated carbocycles. The number of carbonyl (C=O) groups is 1. The van der Waals surface area contributed by atoms with Gasteiger partial charge in [0.25, 0.3) is 11.5 Å². The number of carbonyl (C=O) groups excluding carboxylic acids is 1. The Labute approximate surface area is 260 Å². The predicted molar refractivity (Wildman–Crippen MR) is 177 cm³/mol. The first-order valence-electron chi connectivity index (χ1n) is 15.8. The van der Waals surface area contributed by atoms with Crippen LogP contribution in [-0.2, 0) is 24.9 Å². The summed E-state index contributed by atoms with van der Waals surface area (Å²) in [5.41, 5.74) is 7.26. The lowest BCUT2D eigenvalue weighted by Crippen LogP contribution is -3.07. The summed E-state index contributed by atoms with van der Waals surface area (Å²) in [4.78, 5) is 34.5. The van der Waals surface area contributed by atoms with Crippen molar-refractivity contribution in [2.45, 2.75) is 58.0 Å². The summed E-state index contributed by atoms with van der Waals surface area (Å²) < 4.78 is 1.97. The van der Waals surface area contributed by atoms with Gasteiger partial charge in [0.1, 0.15) is 6.54 Å². The van der Waals surface area contributed by atoms with Gasteiger partial charge in [0, 0.05) is 66.8 Å². The van der Waals surface area contributed by atoms with Crippen molar-refractivity contribution in [1.29, 1.82) is 0 Å². The normalized spacial score (nSPS) is 18.4. The van der Waals surface area contributed by atoms with Gasteiger partial charge in [-0.15, -0.1) is 0 Å². The maximum atomic E-state index is 13.6. The number of aromatic nitrogens is 2. The summed E-state index contributed by atoms with van der Waals surface area (Å²) in [6.45, 7) is 10.8. The average Bonchev–Trinajstić information content (AvgIpc) is 3.01. The van der Waals surface area contributed by atoms with E-state index in [1.54, 1.807) is 6.07 Å². The number of rotatable bonds is 8. The van der Waals surface area contributed by atoms with Crippen LogP contribution in [0.25, 0.3) is 0 Å². The molecule has 7 heteroatoms. The zero-order chi connectivity index (χ0) is 30.8. The summed E-state index contributed by atoms with van der Waals surface area (Å²) in [6.07, 6.45) is 3.85. The highest BCUT2D eigenvalue weighted by Crippen LogP contribution is 2.39. The molecule has 3 atom stereocenters. The first-order valence-corrected chi connectivity index (χ1v) is 15.8. The molecule has 2 aromatic carbocycles. The van der Waals surface area contributed by atoms with E-state index in [0.717, 1.165) is 68.3 Å². The van der Waals surface area contributed by atoms with Gasteiger partial charge in [0.05, 0.1) is 25.0 Å². The number of piperidine rings is 1. The Bertz CT molecular complexity index is 1670. The van der Waals surface area contributed by atoms with Crippen LogP contribution in [0.3, 0.4) is 0 Å². The van der Waals surface area contributed by atoms with Crippen molar-refractivity contribution < 1.29 is 9.69 Å². The number of nitrogens with zero attached hydrogens (tertiary/aromatic N) is 3. The van der Waals surface area contributed by atoms with Crippen LogP contribution in [0.15, 0.2) is 89.9 Å². The van der Waals surface area contributed by atoms with Crippen molar-refractivity contribution in [3.63, 3.8) is 0 Å². The van der Waals surface area contributed by atoms with E-state index in [1.807, 2.05) is 41.1 Å². The third kappa shape index (κ3) is 6.63. The molecule has 4 heterocycles. The summed E-state index contributed by atoms with van der Waals surface area (Å²) in [7, 11) is 2.21. The quantitative estimate of drug-likeness (QED) is 0.313. The van der Waals surface area contributed by atoms with Crippen molar-refractivity contribution in [2.24, 2.45) is 5.92 Å². The van der Waals surface area contributed by atoms with Crippen LogP contribution in [0.5, 0.6) is 0 Å². The van der Waals surface area contributed by atoms with Gasteiger partial charge in [-0.05, 0) is 65.8 Å². The number of likely N-dealkylation sites (N-methyl/N-ethyl adjacent to an activating group) is 1. The molecule has 0 aliphatic carbocycles. The summed E-state index contributed by atoms with van der Waals surface area (Å²) >= 11 is 0. The second kappa shape index (κ2) is 12.4. The molecule has 2 aliphatic heterocycles. The molecule has 0 spiro atoms. The Morgan fingerprint density at radius 3 is 2.55 bits per heavy atom. The van der Waals surface area contributed by atoms with E-state index in [2.05, 4.69) is 85.5 Å². The molecule has 1 amide bonds. The Morgan fingerprint density at radius 1 is 0.977 bits per heavy atom. The van der Waals surface area contributed by atoms with Gasteiger partial charge in [-0.25, -0.2) is 0 Å².